The summed E-state index contributed by atoms with van der Waals surface area (Å²) in [4.78, 5) is 6.62. The molecule has 0 atom stereocenters. The Bertz CT molecular complexity index is 684. The van der Waals surface area contributed by atoms with Crippen LogP contribution in [0.1, 0.15) is 18.9 Å². The molecular formula is C16H26BrIN4O2S. The molecule has 25 heavy (non-hydrogen) atoms. The van der Waals surface area contributed by atoms with Crippen LogP contribution in [0.15, 0.2) is 33.7 Å². The lowest BCUT2D eigenvalue weighted by molar-refractivity contribution is 0.445. The van der Waals surface area contributed by atoms with Crippen molar-refractivity contribution in [2.75, 3.05) is 39.0 Å². The van der Waals surface area contributed by atoms with Crippen LogP contribution in [0.25, 0.3) is 0 Å². The highest BCUT2D eigenvalue weighted by atomic mass is 127. The fraction of sp³-hybridized carbons (Fsp3) is 0.562. The Balaban J connectivity index is 0.00000312. The van der Waals surface area contributed by atoms with Crippen LogP contribution >= 0.6 is 39.9 Å². The smallest absolute Gasteiger partial charge is 0.214 e. The van der Waals surface area contributed by atoms with E-state index in [4.69, 9.17) is 0 Å². The first-order chi connectivity index (χ1) is 11.4. The van der Waals surface area contributed by atoms with Crippen LogP contribution in [-0.2, 0) is 16.6 Å². The number of nitrogens with one attached hydrogen (secondary N) is 1. The van der Waals surface area contributed by atoms with Gasteiger partial charge in [-0.2, -0.15) is 0 Å². The third-order valence-electron chi connectivity index (χ3n) is 3.88. The molecule has 2 rings (SSSR count). The molecule has 6 nitrogen and oxygen atoms in total. The van der Waals surface area contributed by atoms with Crippen LogP contribution in [0.5, 0.6) is 0 Å². The molecule has 0 bridgehead atoms. The van der Waals surface area contributed by atoms with Crippen molar-refractivity contribution < 1.29 is 8.42 Å². The predicted octanol–water partition coefficient (Wildman–Crippen LogP) is 2.50. The molecule has 1 aromatic rings. The lowest BCUT2D eigenvalue weighted by Crippen LogP contribution is -2.39. The highest BCUT2D eigenvalue weighted by Gasteiger charge is 2.27. The minimum absolute atomic E-state index is 0. The first kappa shape index (κ1) is 22.7. The number of aliphatic imine (C=N–C) groups is 1. The van der Waals surface area contributed by atoms with Gasteiger partial charge in [-0.1, -0.05) is 34.1 Å². The number of guanidine groups is 1. The molecule has 1 aromatic carbocycles. The Morgan fingerprint density at radius 2 is 2.12 bits per heavy atom. The van der Waals surface area contributed by atoms with Gasteiger partial charge in [-0.25, -0.2) is 12.7 Å². The zero-order valence-corrected chi connectivity index (χ0v) is 19.3. The van der Waals surface area contributed by atoms with Gasteiger partial charge in [0.2, 0.25) is 10.0 Å². The molecule has 9 heteroatoms. The largest absolute Gasteiger partial charge is 0.357 e. The number of sulfonamides is 1. The zero-order chi connectivity index (χ0) is 17.6. The molecule has 0 unspecified atom stereocenters. The van der Waals surface area contributed by atoms with E-state index in [0.717, 1.165) is 23.5 Å². The van der Waals surface area contributed by atoms with Crippen molar-refractivity contribution in [1.29, 1.82) is 0 Å². The van der Waals surface area contributed by atoms with Crippen molar-refractivity contribution in [2.45, 2.75) is 19.9 Å². The second kappa shape index (κ2) is 10.7. The van der Waals surface area contributed by atoms with E-state index < -0.39 is 10.0 Å². The molecule has 0 saturated carbocycles. The van der Waals surface area contributed by atoms with Crippen LogP contribution in [0.4, 0.5) is 0 Å². The fourth-order valence-corrected chi connectivity index (χ4v) is 4.57. The van der Waals surface area contributed by atoms with Gasteiger partial charge in [-0.3, -0.25) is 4.99 Å². The van der Waals surface area contributed by atoms with E-state index in [1.54, 1.807) is 0 Å². The molecule has 0 aromatic heterocycles. The van der Waals surface area contributed by atoms with Crippen molar-refractivity contribution >= 4 is 55.9 Å². The van der Waals surface area contributed by atoms with E-state index in [-0.39, 0.29) is 29.7 Å². The SMILES string of the molecule is CCNC(=NCCN1CCCS1(=O)=O)N(C)Cc1ccccc1Br.I. The Hall–Kier alpha value is -0.390. The van der Waals surface area contributed by atoms with Crippen molar-refractivity contribution in [3.8, 4) is 0 Å². The highest BCUT2D eigenvalue weighted by molar-refractivity contribution is 14.0. The van der Waals surface area contributed by atoms with Crippen LogP contribution in [-0.4, -0.2) is 62.6 Å². The number of rotatable bonds is 6. The molecule has 142 valence electrons. The van der Waals surface area contributed by atoms with Crippen LogP contribution in [0.2, 0.25) is 0 Å². The van der Waals surface area contributed by atoms with Gasteiger partial charge in [-0.15, -0.1) is 24.0 Å². The summed E-state index contributed by atoms with van der Waals surface area (Å²) in [7, 11) is -1.07. The fourth-order valence-electron chi connectivity index (χ4n) is 2.64. The maximum Gasteiger partial charge on any atom is 0.214 e. The zero-order valence-electron chi connectivity index (χ0n) is 14.6. The summed E-state index contributed by atoms with van der Waals surface area (Å²) in [5.74, 6) is 1.04. The maximum absolute atomic E-state index is 11.8. The van der Waals surface area contributed by atoms with Crippen molar-refractivity contribution in [3.05, 3.63) is 34.3 Å². The van der Waals surface area contributed by atoms with E-state index >= 15 is 0 Å². The Kier molecular flexibility index (Phi) is 9.68. The van der Waals surface area contributed by atoms with Gasteiger partial charge in [0.1, 0.15) is 0 Å². The predicted molar refractivity (Wildman–Crippen MR) is 117 cm³/mol. The highest BCUT2D eigenvalue weighted by Crippen LogP contribution is 2.17. The molecule has 0 radical (unpaired) electrons. The monoisotopic (exact) mass is 544 g/mol. The summed E-state index contributed by atoms with van der Waals surface area (Å²) in [6.07, 6.45) is 0.716. The summed E-state index contributed by atoms with van der Waals surface area (Å²) in [6, 6.07) is 8.09. The number of nitrogens with zero attached hydrogens (tertiary/aromatic N) is 3. The van der Waals surface area contributed by atoms with E-state index in [1.165, 1.54) is 9.87 Å². The first-order valence-corrected chi connectivity index (χ1v) is 10.5. The third-order valence-corrected chi connectivity index (χ3v) is 6.61. The minimum atomic E-state index is -3.05. The van der Waals surface area contributed by atoms with Gasteiger partial charge in [-0.05, 0) is 25.0 Å². The Morgan fingerprint density at radius 1 is 1.40 bits per heavy atom. The second-order valence-electron chi connectivity index (χ2n) is 5.75. The van der Waals surface area contributed by atoms with E-state index in [0.29, 0.717) is 26.1 Å². The van der Waals surface area contributed by atoms with E-state index in [9.17, 15) is 8.42 Å². The quantitative estimate of drug-likeness (QED) is 0.339. The number of hydrogen-bond donors (Lipinski definition) is 1. The van der Waals surface area contributed by atoms with E-state index in [1.807, 2.05) is 37.1 Å². The number of hydrogen-bond acceptors (Lipinski definition) is 3. The van der Waals surface area contributed by atoms with Crippen LogP contribution in [0.3, 0.4) is 0 Å². The Morgan fingerprint density at radius 3 is 2.72 bits per heavy atom. The average Bonchev–Trinajstić information content (AvgIpc) is 2.87. The summed E-state index contributed by atoms with van der Waals surface area (Å²) >= 11 is 3.56. The molecule has 0 spiro atoms. The molecule has 0 aliphatic carbocycles. The van der Waals surface area contributed by atoms with Crippen molar-refractivity contribution in [1.82, 2.24) is 14.5 Å². The normalized spacial score (nSPS) is 17.2. The molecular weight excluding hydrogens is 519 g/mol. The molecule has 1 N–H and O–H groups in total. The van der Waals surface area contributed by atoms with Crippen LogP contribution < -0.4 is 5.32 Å². The molecule has 1 heterocycles. The topological polar surface area (TPSA) is 65.0 Å². The summed E-state index contributed by atoms with van der Waals surface area (Å²) < 4.78 is 26.2. The molecule has 1 aliphatic heterocycles. The maximum atomic E-state index is 11.8. The van der Waals surface area contributed by atoms with Gasteiger partial charge in [0.05, 0.1) is 12.3 Å². The molecule has 1 aliphatic rings. The summed E-state index contributed by atoms with van der Waals surface area (Å²) in [5.41, 5.74) is 1.17. The lowest BCUT2D eigenvalue weighted by atomic mass is 10.2. The van der Waals surface area contributed by atoms with Crippen molar-refractivity contribution in [2.24, 2.45) is 4.99 Å². The van der Waals surface area contributed by atoms with Gasteiger partial charge >= 0.3 is 0 Å². The molecule has 1 fully saturated rings. The van der Waals surface area contributed by atoms with Gasteiger partial charge in [0.25, 0.3) is 0 Å². The van der Waals surface area contributed by atoms with Crippen LogP contribution in [0, 0.1) is 0 Å². The molecule has 1 saturated heterocycles. The van der Waals surface area contributed by atoms with Gasteiger partial charge in [0.15, 0.2) is 5.96 Å². The summed E-state index contributed by atoms with van der Waals surface area (Å²) in [6.45, 7) is 5.02. The molecule has 0 amide bonds. The standard InChI is InChI=1S/C16H25BrN4O2S.HI/c1-3-18-16(19-9-11-21-10-6-12-24(21,22)23)20(2)13-14-7-4-5-8-15(14)17;/h4-5,7-8H,3,6,9-13H2,1-2H3,(H,18,19);1H. The number of halogens is 2. The average molecular weight is 545 g/mol. The van der Waals surface area contributed by atoms with Crippen molar-refractivity contribution in [3.63, 3.8) is 0 Å². The van der Waals surface area contributed by atoms with E-state index in [2.05, 4.69) is 32.3 Å². The second-order valence-corrected chi connectivity index (χ2v) is 8.69. The Labute approximate surface area is 176 Å². The number of benzene rings is 1. The minimum Gasteiger partial charge on any atom is -0.357 e. The first-order valence-electron chi connectivity index (χ1n) is 8.14. The van der Waals surface area contributed by atoms with Gasteiger partial charge < -0.3 is 10.2 Å². The van der Waals surface area contributed by atoms with Gasteiger partial charge in [0, 0.05) is 37.7 Å². The summed E-state index contributed by atoms with van der Waals surface area (Å²) in [5, 5.41) is 3.26. The lowest BCUT2D eigenvalue weighted by Gasteiger charge is -2.23. The third kappa shape index (κ3) is 6.69.